The zero-order chi connectivity index (χ0) is 13.2. The largest absolute Gasteiger partial charge is 0.379 e. The Balaban J connectivity index is 1.87. The van der Waals surface area contributed by atoms with Gasteiger partial charge in [0, 0.05) is 25.8 Å². The normalized spacial score (nSPS) is 20.7. The van der Waals surface area contributed by atoms with Gasteiger partial charge in [-0.2, -0.15) is 0 Å². The van der Waals surface area contributed by atoms with E-state index in [1.807, 2.05) is 13.8 Å². The number of carbonyl (C=O) groups is 1. The lowest BCUT2D eigenvalue weighted by molar-refractivity contribution is 0.0168. The lowest BCUT2D eigenvalue weighted by Gasteiger charge is -2.13. The van der Waals surface area contributed by atoms with Crippen LogP contribution < -0.4 is 10.6 Å². The van der Waals surface area contributed by atoms with Crippen molar-refractivity contribution in [1.29, 1.82) is 0 Å². The van der Waals surface area contributed by atoms with Crippen LogP contribution in [-0.2, 0) is 9.47 Å². The highest BCUT2D eigenvalue weighted by Crippen LogP contribution is 2.11. The van der Waals surface area contributed by atoms with Gasteiger partial charge in [0.15, 0.2) is 0 Å². The van der Waals surface area contributed by atoms with E-state index >= 15 is 0 Å². The molecular weight excluding hydrogens is 232 g/mol. The Labute approximate surface area is 110 Å². The molecule has 2 unspecified atom stereocenters. The van der Waals surface area contributed by atoms with Crippen LogP contribution in [0.3, 0.4) is 0 Å². The fourth-order valence-electron chi connectivity index (χ4n) is 1.74. The molecule has 0 aromatic carbocycles. The van der Waals surface area contributed by atoms with E-state index in [1.54, 1.807) is 0 Å². The van der Waals surface area contributed by atoms with Crippen LogP contribution in [-0.4, -0.2) is 44.5 Å². The van der Waals surface area contributed by atoms with Crippen molar-refractivity contribution in [3.63, 3.8) is 0 Å². The number of hydrogen-bond donors (Lipinski definition) is 2. The molecular formula is C13H26N2O3. The summed E-state index contributed by atoms with van der Waals surface area (Å²) in [6, 6.07) is 0.129. The van der Waals surface area contributed by atoms with E-state index in [0.29, 0.717) is 19.8 Å². The first-order chi connectivity index (χ1) is 8.72. The number of carbonyl (C=O) groups excluding carboxylic acids is 1. The summed E-state index contributed by atoms with van der Waals surface area (Å²) < 4.78 is 11.0. The first-order valence-electron chi connectivity index (χ1n) is 6.96. The lowest BCUT2D eigenvalue weighted by atomic mass is 10.2. The Kier molecular flexibility index (Phi) is 7.76. The fourth-order valence-corrected chi connectivity index (χ4v) is 1.74. The molecule has 1 aliphatic rings. The number of hydrogen-bond acceptors (Lipinski definition) is 3. The summed E-state index contributed by atoms with van der Waals surface area (Å²) in [6.07, 6.45) is 4.31. The van der Waals surface area contributed by atoms with Crippen LogP contribution in [0.25, 0.3) is 0 Å². The van der Waals surface area contributed by atoms with Gasteiger partial charge in [-0.25, -0.2) is 4.79 Å². The zero-order valence-corrected chi connectivity index (χ0v) is 11.5. The first kappa shape index (κ1) is 15.2. The molecule has 2 atom stereocenters. The molecule has 1 heterocycles. The van der Waals surface area contributed by atoms with E-state index in [1.165, 1.54) is 0 Å². The third-order valence-electron chi connectivity index (χ3n) is 3.07. The maximum absolute atomic E-state index is 11.4. The van der Waals surface area contributed by atoms with Gasteiger partial charge >= 0.3 is 6.03 Å². The van der Waals surface area contributed by atoms with E-state index in [2.05, 4.69) is 10.6 Å². The van der Waals surface area contributed by atoms with Gasteiger partial charge in [-0.15, -0.1) is 0 Å². The fraction of sp³-hybridized carbons (Fsp3) is 0.923. The summed E-state index contributed by atoms with van der Waals surface area (Å²) in [7, 11) is 0. The highest BCUT2D eigenvalue weighted by atomic mass is 16.5. The standard InChI is InChI=1S/C13H26N2O3/c1-3-11(2)15-13(16)14-7-5-8-17-10-12-6-4-9-18-12/h11-12H,3-10H2,1-2H3,(H2,14,15,16). The molecule has 1 aliphatic heterocycles. The highest BCUT2D eigenvalue weighted by molar-refractivity contribution is 5.74. The monoisotopic (exact) mass is 258 g/mol. The average Bonchev–Trinajstić information content (AvgIpc) is 2.86. The number of ether oxygens (including phenoxy) is 2. The van der Waals surface area contributed by atoms with E-state index in [4.69, 9.17) is 9.47 Å². The van der Waals surface area contributed by atoms with E-state index < -0.39 is 0 Å². The molecule has 0 radical (unpaired) electrons. The summed E-state index contributed by atoms with van der Waals surface area (Å²) in [5.41, 5.74) is 0. The molecule has 0 bridgehead atoms. The van der Waals surface area contributed by atoms with Crippen LogP contribution in [0.2, 0.25) is 0 Å². The molecule has 1 rings (SSSR count). The smallest absolute Gasteiger partial charge is 0.314 e. The minimum Gasteiger partial charge on any atom is -0.379 e. The number of urea groups is 1. The van der Waals surface area contributed by atoms with Crippen LogP contribution in [0.5, 0.6) is 0 Å². The quantitative estimate of drug-likeness (QED) is 0.651. The van der Waals surface area contributed by atoms with Crippen LogP contribution in [0, 0.1) is 0 Å². The summed E-state index contributed by atoms with van der Waals surface area (Å²) in [4.78, 5) is 11.4. The van der Waals surface area contributed by atoms with Gasteiger partial charge in [0.25, 0.3) is 0 Å². The van der Waals surface area contributed by atoms with Gasteiger partial charge in [-0.1, -0.05) is 6.92 Å². The summed E-state index contributed by atoms with van der Waals surface area (Å²) in [5.74, 6) is 0. The molecule has 18 heavy (non-hydrogen) atoms. The SMILES string of the molecule is CCC(C)NC(=O)NCCCOCC1CCCO1. The van der Waals surface area contributed by atoms with Gasteiger partial charge < -0.3 is 20.1 Å². The summed E-state index contributed by atoms with van der Waals surface area (Å²) >= 11 is 0. The minimum absolute atomic E-state index is 0.0940. The van der Waals surface area contributed by atoms with Crippen LogP contribution in [0.4, 0.5) is 4.79 Å². The average molecular weight is 258 g/mol. The summed E-state index contributed by atoms with van der Waals surface area (Å²) in [6.45, 7) is 6.90. The molecule has 1 fully saturated rings. The molecule has 1 saturated heterocycles. The summed E-state index contributed by atoms with van der Waals surface area (Å²) in [5, 5.41) is 5.67. The van der Waals surface area contributed by atoms with Crippen LogP contribution in [0.15, 0.2) is 0 Å². The molecule has 2 amide bonds. The van der Waals surface area contributed by atoms with Crippen LogP contribution >= 0.6 is 0 Å². The van der Waals surface area contributed by atoms with Crippen molar-refractivity contribution in [2.75, 3.05) is 26.4 Å². The topological polar surface area (TPSA) is 59.6 Å². The van der Waals surface area contributed by atoms with Crippen molar-refractivity contribution in [1.82, 2.24) is 10.6 Å². The van der Waals surface area contributed by atoms with Gasteiger partial charge in [-0.3, -0.25) is 0 Å². The zero-order valence-electron chi connectivity index (χ0n) is 11.5. The molecule has 106 valence electrons. The van der Waals surface area contributed by atoms with Crippen LogP contribution in [0.1, 0.15) is 39.5 Å². The molecule has 2 N–H and O–H groups in total. The van der Waals surface area contributed by atoms with E-state index in [0.717, 1.165) is 32.3 Å². The second kappa shape index (κ2) is 9.16. The lowest BCUT2D eigenvalue weighted by Crippen LogP contribution is -2.41. The molecule has 0 saturated carbocycles. The Hall–Kier alpha value is -0.810. The highest BCUT2D eigenvalue weighted by Gasteiger charge is 2.14. The molecule has 0 aliphatic carbocycles. The van der Waals surface area contributed by atoms with Crippen molar-refractivity contribution in [2.24, 2.45) is 0 Å². The maximum atomic E-state index is 11.4. The van der Waals surface area contributed by atoms with E-state index in [9.17, 15) is 4.79 Å². The predicted octanol–water partition coefficient (Wildman–Crippen LogP) is 1.67. The van der Waals surface area contributed by atoms with E-state index in [-0.39, 0.29) is 18.2 Å². The van der Waals surface area contributed by atoms with Crippen molar-refractivity contribution in [2.45, 2.75) is 51.7 Å². The third kappa shape index (κ3) is 6.81. The maximum Gasteiger partial charge on any atom is 0.314 e. The van der Waals surface area contributed by atoms with Gasteiger partial charge in [0.05, 0.1) is 12.7 Å². The predicted molar refractivity (Wildman–Crippen MR) is 70.7 cm³/mol. The van der Waals surface area contributed by atoms with Crippen molar-refractivity contribution in [3.05, 3.63) is 0 Å². The Morgan fingerprint density at radius 1 is 1.56 bits per heavy atom. The molecule has 5 nitrogen and oxygen atoms in total. The number of rotatable bonds is 8. The molecule has 0 spiro atoms. The first-order valence-corrected chi connectivity index (χ1v) is 6.96. The van der Waals surface area contributed by atoms with Crippen molar-refractivity contribution < 1.29 is 14.3 Å². The van der Waals surface area contributed by atoms with Crippen molar-refractivity contribution in [3.8, 4) is 0 Å². The minimum atomic E-state index is -0.0940. The number of amides is 2. The Morgan fingerprint density at radius 3 is 3.06 bits per heavy atom. The Bertz CT molecular complexity index is 230. The third-order valence-corrected chi connectivity index (χ3v) is 3.07. The molecule has 0 aromatic rings. The Morgan fingerprint density at radius 2 is 2.39 bits per heavy atom. The van der Waals surface area contributed by atoms with Gasteiger partial charge in [0.2, 0.25) is 0 Å². The van der Waals surface area contributed by atoms with Gasteiger partial charge in [-0.05, 0) is 32.6 Å². The second-order valence-corrected chi connectivity index (χ2v) is 4.77. The number of nitrogens with one attached hydrogen (secondary N) is 2. The molecule has 0 aromatic heterocycles. The van der Waals surface area contributed by atoms with Crippen molar-refractivity contribution >= 4 is 6.03 Å². The molecule has 5 heteroatoms. The van der Waals surface area contributed by atoms with Gasteiger partial charge in [0.1, 0.15) is 0 Å². The second-order valence-electron chi connectivity index (χ2n) is 4.77.